The number of benzene rings is 1. The number of ether oxygens (including phenoxy) is 1. The third-order valence-corrected chi connectivity index (χ3v) is 3.32. The highest BCUT2D eigenvalue weighted by Gasteiger charge is 2.30. The van der Waals surface area contributed by atoms with Crippen molar-refractivity contribution < 1.29 is 14.3 Å². The summed E-state index contributed by atoms with van der Waals surface area (Å²) in [5.74, 6) is -0.798. The number of nitrogens with one attached hydrogen (secondary N) is 1. The summed E-state index contributed by atoms with van der Waals surface area (Å²) in [5, 5.41) is 2.85. The van der Waals surface area contributed by atoms with E-state index >= 15 is 0 Å². The molecule has 21 heavy (non-hydrogen) atoms. The van der Waals surface area contributed by atoms with Gasteiger partial charge in [0.05, 0.1) is 23.8 Å². The van der Waals surface area contributed by atoms with Gasteiger partial charge in [-0.15, -0.1) is 0 Å². The van der Waals surface area contributed by atoms with Crippen LogP contribution in [0.4, 0.5) is 0 Å². The SMILES string of the molecule is C/C=C\[C@H]1CC(C(=O)OCC)=C(c2ccccc2)NC1=O. The zero-order valence-electron chi connectivity index (χ0n) is 12.3. The molecule has 0 unspecified atom stereocenters. The first-order chi connectivity index (χ1) is 10.2. The largest absolute Gasteiger partial charge is 0.463 e. The molecule has 1 atom stereocenters. The fourth-order valence-corrected chi connectivity index (χ4v) is 2.35. The number of carbonyl (C=O) groups is 2. The topological polar surface area (TPSA) is 55.4 Å². The van der Waals surface area contributed by atoms with Gasteiger partial charge >= 0.3 is 5.97 Å². The highest BCUT2D eigenvalue weighted by Crippen LogP contribution is 2.28. The van der Waals surface area contributed by atoms with E-state index in [1.54, 1.807) is 13.0 Å². The Labute approximate surface area is 124 Å². The van der Waals surface area contributed by atoms with Crippen LogP contribution in [0.3, 0.4) is 0 Å². The molecule has 1 N–H and O–H groups in total. The van der Waals surface area contributed by atoms with Crippen molar-refractivity contribution >= 4 is 17.6 Å². The minimum absolute atomic E-state index is 0.0972. The third-order valence-electron chi connectivity index (χ3n) is 3.32. The molecule has 0 saturated carbocycles. The summed E-state index contributed by atoms with van der Waals surface area (Å²) in [5.41, 5.74) is 1.89. The first-order valence-corrected chi connectivity index (χ1v) is 7.06. The third kappa shape index (κ3) is 3.40. The molecular weight excluding hydrogens is 266 g/mol. The molecule has 0 saturated heterocycles. The minimum atomic E-state index is -0.370. The average Bonchev–Trinajstić information content (AvgIpc) is 2.50. The van der Waals surface area contributed by atoms with Crippen LogP contribution in [0.1, 0.15) is 25.8 Å². The molecule has 0 spiro atoms. The van der Waals surface area contributed by atoms with Crippen molar-refractivity contribution in [1.29, 1.82) is 0 Å². The lowest BCUT2D eigenvalue weighted by Gasteiger charge is -2.25. The van der Waals surface area contributed by atoms with Crippen molar-refractivity contribution in [2.75, 3.05) is 6.61 Å². The van der Waals surface area contributed by atoms with E-state index in [-0.39, 0.29) is 17.8 Å². The molecule has 110 valence electrons. The Morgan fingerprint density at radius 1 is 1.38 bits per heavy atom. The van der Waals surface area contributed by atoms with Crippen LogP contribution >= 0.6 is 0 Å². The van der Waals surface area contributed by atoms with Gasteiger partial charge in [0.2, 0.25) is 5.91 Å². The van der Waals surface area contributed by atoms with Gasteiger partial charge in [0.25, 0.3) is 0 Å². The highest BCUT2D eigenvalue weighted by atomic mass is 16.5. The second-order valence-electron chi connectivity index (χ2n) is 4.77. The summed E-state index contributed by atoms with van der Waals surface area (Å²) >= 11 is 0. The van der Waals surface area contributed by atoms with Crippen LogP contribution in [0, 0.1) is 5.92 Å². The van der Waals surface area contributed by atoms with Crippen LogP contribution in [0.5, 0.6) is 0 Å². The highest BCUT2D eigenvalue weighted by molar-refractivity contribution is 6.04. The van der Waals surface area contributed by atoms with Crippen molar-refractivity contribution in [3.63, 3.8) is 0 Å². The lowest BCUT2D eigenvalue weighted by molar-refractivity contribution is -0.138. The maximum Gasteiger partial charge on any atom is 0.336 e. The van der Waals surface area contributed by atoms with E-state index in [0.29, 0.717) is 24.3 Å². The van der Waals surface area contributed by atoms with Crippen molar-refractivity contribution in [2.45, 2.75) is 20.3 Å². The summed E-state index contributed by atoms with van der Waals surface area (Å²) in [6, 6.07) is 9.36. The van der Waals surface area contributed by atoms with Crippen LogP contribution in [0.15, 0.2) is 48.1 Å². The molecule has 4 nitrogen and oxygen atoms in total. The van der Waals surface area contributed by atoms with Crippen molar-refractivity contribution in [3.8, 4) is 0 Å². The predicted molar refractivity (Wildman–Crippen MR) is 81.1 cm³/mol. The smallest absolute Gasteiger partial charge is 0.336 e. The van der Waals surface area contributed by atoms with E-state index in [0.717, 1.165) is 5.56 Å². The first-order valence-electron chi connectivity index (χ1n) is 7.06. The van der Waals surface area contributed by atoms with Gasteiger partial charge < -0.3 is 10.1 Å². The monoisotopic (exact) mass is 285 g/mol. The van der Waals surface area contributed by atoms with E-state index in [2.05, 4.69) is 5.32 Å². The number of hydrogen-bond donors (Lipinski definition) is 1. The van der Waals surface area contributed by atoms with Crippen LogP contribution in [0.2, 0.25) is 0 Å². The maximum absolute atomic E-state index is 12.2. The summed E-state index contributed by atoms with van der Waals surface area (Å²) in [7, 11) is 0. The molecule has 0 aromatic heterocycles. The number of esters is 1. The molecule has 0 aliphatic carbocycles. The summed E-state index contributed by atoms with van der Waals surface area (Å²) < 4.78 is 5.12. The Hall–Kier alpha value is -2.36. The molecule has 0 fully saturated rings. The normalized spacial score (nSPS) is 18.8. The van der Waals surface area contributed by atoms with Gasteiger partial charge in [0, 0.05) is 0 Å². The van der Waals surface area contributed by atoms with Crippen LogP contribution in [-0.2, 0) is 14.3 Å². The van der Waals surface area contributed by atoms with E-state index in [4.69, 9.17) is 4.74 Å². The molecule has 1 aromatic rings. The van der Waals surface area contributed by atoms with Crippen LogP contribution < -0.4 is 5.32 Å². The standard InChI is InChI=1S/C17H19NO3/c1-3-8-13-11-14(17(20)21-4-2)15(18-16(13)19)12-9-6-5-7-10-12/h3,5-10,13H,4,11H2,1-2H3,(H,18,19)/b8-3-/t13-/m0/s1. The summed E-state index contributed by atoms with van der Waals surface area (Å²) in [4.78, 5) is 24.3. The zero-order chi connectivity index (χ0) is 15.2. The van der Waals surface area contributed by atoms with E-state index in [1.807, 2.05) is 43.3 Å². The fraction of sp³-hybridized carbons (Fsp3) is 0.294. The lowest BCUT2D eigenvalue weighted by Crippen LogP contribution is -2.36. The Bertz CT molecular complexity index is 587. The van der Waals surface area contributed by atoms with Crippen molar-refractivity contribution in [2.24, 2.45) is 5.92 Å². The molecule has 2 rings (SSSR count). The number of amides is 1. The summed E-state index contributed by atoms with van der Waals surface area (Å²) in [6.45, 7) is 3.94. The lowest BCUT2D eigenvalue weighted by atomic mass is 9.90. The summed E-state index contributed by atoms with van der Waals surface area (Å²) in [6.07, 6.45) is 3.98. The molecule has 1 heterocycles. The van der Waals surface area contributed by atoms with Gasteiger partial charge in [0.15, 0.2) is 0 Å². The quantitative estimate of drug-likeness (QED) is 0.683. The molecule has 1 aliphatic heterocycles. The van der Waals surface area contributed by atoms with Crippen LogP contribution in [0.25, 0.3) is 5.70 Å². The Kier molecular flexibility index (Phi) is 4.93. The predicted octanol–water partition coefficient (Wildman–Crippen LogP) is 2.67. The number of hydrogen-bond acceptors (Lipinski definition) is 3. The van der Waals surface area contributed by atoms with Gasteiger partial charge in [0.1, 0.15) is 0 Å². The molecule has 0 bridgehead atoms. The Morgan fingerprint density at radius 3 is 2.71 bits per heavy atom. The van der Waals surface area contributed by atoms with Gasteiger partial charge in [-0.05, 0) is 25.8 Å². The molecule has 1 aromatic carbocycles. The first kappa shape index (κ1) is 15.0. The van der Waals surface area contributed by atoms with Crippen molar-refractivity contribution in [1.82, 2.24) is 5.32 Å². The van der Waals surface area contributed by atoms with E-state index in [1.165, 1.54) is 0 Å². The Balaban J connectivity index is 2.45. The Morgan fingerprint density at radius 2 is 2.10 bits per heavy atom. The zero-order valence-corrected chi connectivity index (χ0v) is 12.3. The van der Waals surface area contributed by atoms with Gasteiger partial charge in [-0.2, -0.15) is 0 Å². The number of allylic oxidation sites excluding steroid dienone is 1. The molecule has 1 amide bonds. The molecule has 4 heteroatoms. The number of rotatable bonds is 4. The van der Waals surface area contributed by atoms with Crippen LogP contribution in [-0.4, -0.2) is 18.5 Å². The van der Waals surface area contributed by atoms with E-state index in [9.17, 15) is 9.59 Å². The second kappa shape index (κ2) is 6.88. The van der Waals surface area contributed by atoms with Gasteiger partial charge in [-0.3, -0.25) is 4.79 Å². The molecule has 1 aliphatic rings. The second-order valence-corrected chi connectivity index (χ2v) is 4.77. The van der Waals surface area contributed by atoms with Gasteiger partial charge in [-0.1, -0.05) is 42.5 Å². The van der Waals surface area contributed by atoms with E-state index < -0.39 is 0 Å². The maximum atomic E-state index is 12.2. The van der Waals surface area contributed by atoms with Crippen molar-refractivity contribution in [3.05, 3.63) is 53.6 Å². The average molecular weight is 285 g/mol. The minimum Gasteiger partial charge on any atom is -0.463 e. The fourth-order valence-electron chi connectivity index (χ4n) is 2.35. The molecule has 0 radical (unpaired) electrons. The molecular formula is C17H19NO3. The van der Waals surface area contributed by atoms with Gasteiger partial charge in [-0.25, -0.2) is 4.79 Å². The number of carbonyl (C=O) groups excluding carboxylic acids is 2.